The average Bonchev–Trinajstić information content (AvgIpc) is 3.20. The van der Waals surface area contributed by atoms with E-state index in [1.807, 2.05) is 71.2 Å². The number of carbonyl (C=O) groups excluding carboxylic acids is 1. The van der Waals surface area contributed by atoms with E-state index in [1.165, 1.54) is 0 Å². The van der Waals surface area contributed by atoms with E-state index in [0.717, 1.165) is 11.4 Å². The van der Waals surface area contributed by atoms with Crippen LogP contribution in [-0.2, 0) is 7.05 Å². The molecule has 1 N–H and O–H groups in total. The molecule has 3 aromatic rings. The summed E-state index contributed by atoms with van der Waals surface area (Å²) in [7, 11) is 1.92. The maximum Gasteiger partial charge on any atom is 0.271 e. The van der Waals surface area contributed by atoms with E-state index in [2.05, 4.69) is 10.5 Å². The van der Waals surface area contributed by atoms with Crippen molar-refractivity contribution >= 4 is 12.1 Å². The number of aromatic nitrogens is 2. The lowest BCUT2D eigenvalue weighted by atomic mass is 10.2. The van der Waals surface area contributed by atoms with Crippen molar-refractivity contribution in [2.75, 3.05) is 0 Å². The molecule has 0 spiro atoms. The molecule has 2 aromatic heterocycles. The number of hydrogen-bond donors (Lipinski definition) is 1. The maximum atomic E-state index is 12.0. The third-order valence-electron chi connectivity index (χ3n) is 3.38. The van der Waals surface area contributed by atoms with Gasteiger partial charge in [-0.2, -0.15) is 5.10 Å². The topological polar surface area (TPSA) is 51.3 Å². The molecule has 0 saturated heterocycles. The Labute approximate surface area is 128 Å². The molecule has 110 valence electrons. The predicted octanol–water partition coefficient (Wildman–Crippen LogP) is 2.58. The van der Waals surface area contributed by atoms with Crippen LogP contribution in [0.4, 0.5) is 0 Å². The third kappa shape index (κ3) is 2.98. The molecule has 0 bridgehead atoms. The van der Waals surface area contributed by atoms with E-state index >= 15 is 0 Å². The van der Waals surface area contributed by atoms with Crippen molar-refractivity contribution < 1.29 is 4.79 Å². The molecule has 0 unspecified atom stereocenters. The van der Waals surface area contributed by atoms with Gasteiger partial charge in [0.05, 0.1) is 11.9 Å². The quantitative estimate of drug-likeness (QED) is 0.583. The van der Waals surface area contributed by atoms with Gasteiger partial charge in [-0.25, -0.2) is 5.43 Å². The van der Waals surface area contributed by atoms with Gasteiger partial charge in [-0.05, 0) is 48.5 Å². The van der Waals surface area contributed by atoms with Crippen molar-refractivity contribution in [2.24, 2.45) is 12.1 Å². The summed E-state index contributed by atoms with van der Waals surface area (Å²) in [6.45, 7) is 0. The fourth-order valence-electron chi connectivity index (χ4n) is 2.12. The summed E-state index contributed by atoms with van der Waals surface area (Å²) < 4.78 is 3.90. The van der Waals surface area contributed by atoms with Gasteiger partial charge >= 0.3 is 0 Å². The highest BCUT2D eigenvalue weighted by atomic mass is 16.2. The second-order valence-corrected chi connectivity index (χ2v) is 4.88. The molecule has 5 nitrogen and oxygen atoms in total. The molecule has 2 heterocycles. The van der Waals surface area contributed by atoms with Gasteiger partial charge in [-0.3, -0.25) is 4.79 Å². The maximum absolute atomic E-state index is 12.0. The average molecular weight is 292 g/mol. The fourth-order valence-corrected chi connectivity index (χ4v) is 2.12. The Kier molecular flexibility index (Phi) is 3.87. The van der Waals surface area contributed by atoms with Crippen molar-refractivity contribution in [1.29, 1.82) is 0 Å². The van der Waals surface area contributed by atoms with E-state index in [1.54, 1.807) is 18.3 Å². The summed E-state index contributed by atoms with van der Waals surface area (Å²) in [6, 6.07) is 15.1. The van der Waals surface area contributed by atoms with E-state index in [9.17, 15) is 4.79 Å². The van der Waals surface area contributed by atoms with Crippen LogP contribution in [0.15, 0.2) is 72.2 Å². The highest BCUT2D eigenvalue weighted by Crippen LogP contribution is 2.10. The molecular formula is C17H16N4O. The van der Waals surface area contributed by atoms with Crippen LogP contribution in [0.2, 0.25) is 0 Å². The molecule has 0 atom stereocenters. The van der Waals surface area contributed by atoms with Crippen LogP contribution >= 0.6 is 0 Å². The van der Waals surface area contributed by atoms with Crippen LogP contribution in [0.3, 0.4) is 0 Å². The van der Waals surface area contributed by atoms with Crippen molar-refractivity contribution in [2.45, 2.75) is 0 Å². The fraction of sp³-hybridized carbons (Fsp3) is 0.0588. The zero-order chi connectivity index (χ0) is 15.4. The zero-order valence-corrected chi connectivity index (χ0v) is 12.2. The molecule has 0 saturated carbocycles. The minimum absolute atomic E-state index is 0.232. The molecule has 3 rings (SSSR count). The van der Waals surface area contributed by atoms with Gasteiger partial charge in [0, 0.05) is 36.9 Å². The molecule has 0 aliphatic rings. The minimum atomic E-state index is -0.232. The van der Waals surface area contributed by atoms with Crippen LogP contribution in [0, 0.1) is 0 Å². The van der Waals surface area contributed by atoms with E-state index in [0.29, 0.717) is 5.56 Å². The highest BCUT2D eigenvalue weighted by molar-refractivity contribution is 5.94. The van der Waals surface area contributed by atoms with Gasteiger partial charge in [0.25, 0.3) is 5.91 Å². The second kappa shape index (κ2) is 6.13. The standard InChI is InChI=1S/C17H16N4O/c1-20-10-4-5-16(20)13-18-19-17(22)14-6-8-15(9-7-14)21-11-2-3-12-21/h2-13H,1H3,(H,19,22)/b18-13-. The molecule has 5 heteroatoms. The first-order valence-corrected chi connectivity index (χ1v) is 6.92. The lowest BCUT2D eigenvalue weighted by Crippen LogP contribution is -2.17. The number of nitrogens with one attached hydrogen (secondary N) is 1. The Morgan fingerprint density at radius 3 is 2.41 bits per heavy atom. The third-order valence-corrected chi connectivity index (χ3v) is 3.38. The second-order valence-electron chi connectivity index (χ2n) is 4.88. The van der Waals surface area contributed by atoms with Gasteiger partial charge in [-0.1, -0.05) is 0 Å². The molecule has 1 aromatic carbocycles. The number of hydrogen-bond acceptors (Lipinski definition) is 2. The molecule has 0 fully saturated rings. The number of hydrazone groups is 1. The van der Waals surface area contributed by atoms with Crippen molar-refractivity contribution in [1.82, 2.24) is 14.6 Å². The first-order valence-electron chi connectivity index (χ1n) is 6.92. The van der Waals surface area contributed by atoms with Crippen molar-refractivity contribution in [3.8, 4) is 5.69 Å². The number of aryl methyl sites for hydroxylation is 1. The summed E-state index contributed by atoms with van der Waals surface area (Å²) in [5.74, 6) is -0.232. The minimum Gasteiger partial charge on any atom is -0.350 e. The van der Waals surface area contributed by atoms with Crippen molar-refractivity contribution in [3.05, 3.63) is 78.4 Å². The SMILES string of the molecule is Cn1cccc1/C=N\NC(=O)c1ccc(-n2cccc2)cc1. The number of carbonyl (C=O) groups is 1. The predicted molar refractivity (Wildman–Crippen MR) is 86.2 cm³/mol. The monoisotopic (exact) mass is 292 g/mol. The molecule has 1 amide bonds. The summed E-state index contributed by atoms with van der Waals surface area (Å²) in [6.07, 6.45) is 7.45. The van der Waals surface area contributed by atoms with Crippen molar-refractivity contribution in [3.63, 3.8) is 0 Å². The largest absolute Gasteiger partial charge is 0.350 e. The molecule has 22 heavy (non-hydrogen) atoms. The number of rotatable bonds is 4. The Balaban J connectivity index is 1.65. The zero-order valence-electron chi connectivity index (χ0n) is 12.2. The van der Waals surface area contributed by atoms with Gasteiger partial charge in [0.1, 0.15) is 0 Å². The van der Waals surface area contributed by atoms with Crippen LogP contribution in [0.5, 0.6) is 0 Å². The molecular weight excluding hydrogens is 276 g/mol. The highest BCUT2D eigenvalue weighted by Gasteiger charge is 2.04. The van der Waals surface area contributed by atoms with Gasteiger partial charge in [0.2, 0.25) is 0 Å². The van der Waals surface area contributed by atoms with E-state index in [4.69, 9.17) is 0 Å². The smallest absolute Gasteiger partial charge is 0.271 e. The summed E-state index contributed by atoms with van der Waals surface area (Å²) in [4.78, 5) is 12.0. The van der Waals surface area contributed by atoms with Crippen LogP contribution in [0.1, 0.15) is 16.1 Å². The van der Waals surface area contributed by atoms with E-state index < -0.39 is 0 Å². The Hall–Kier alpha value is -3.08. The van der Waals surface area contributed by atoms with Gasteiger partial charge in [0.15, 0.2) is 0 Å². The number of amides is 1. The Morgan fingerprint density at radius 2 is 1.77 bits per heavy atom. The summed E-state index contributed by atoms with van der Waals surface area (Å²) >= 11 is 0. The van der Waals surface area contributed by atoms with E-state index in [-0.39, 0.29) is 5.91 Å². The Bertz CT molecular complexity index is 782. The Morgan fingerprint density at radius 1 is 1.05 bits per heavy atom. The molecule has 0 aliphatic heterocycles. The lowest BCUT2D eigenvalue weighted by molar-refractivity contribution is 0.0955. The van der Waals surface area contributed by atoms with Crippen LogP contribution in [-0.4, -0.2) is 21.3 Å². The lowest BCUT2D eigenvalue weighted by Gasteiger charge is -2.04. The van der Waals surface area contributed by atoms with Crippen LogP contribution < -0.4 is 5.43 Å². The normalized spacial score (nSPS) is 11.0. The number of nitrogens with zero attached hydrogens (tertiary/aromatic N) is 3. The summed E-state index contributed by atoms with van der Waals surface area (Å²) in [5, 5.41) is 3.97. The van der Waals surface area contributed by atoms with Gasteiger partial charge < -0.3 is 9.13 Å². The number of benzene rings is 1. The molecule has 0 radical (unpaired) electrons. The van der Waals surface area contributed by atoms with Gasteiger partial charge in [-0.15, -0.1) is 0 Å². The van der Waals surface area contributed by atoms with Crippen LogP contribution in [0.25, 0.3) is 5.69 Å². The first kappa shape index (κ1) is 13.9. The summed E-state index contributed by atoms with van der Waals surface area (Å²) in [5.41, 5.74) is 5.03. The molecule has 0 aliphatic carbocycles. The first-order chi connectivity index (χ1) is 10.7.